The Morgan fingerprint density at radius 3 is 2.46 bits per heavy atom. The van der Waals surface area contributed by atoms with Crippen molar-refractivity contribution in [2.45, 2.75) is 24.8 Å². The molecular weight excluding hydrogens is 388 g/mol. The van der Waals surface area contributed by atoms with Crippen molar-refractivity contribution < 1.29 is 13.2 Å². The number of aromatic nitrogens is 1. The van der Waals surface area contributed by atoms with Crippen LogP contribution in [0.5, 0.6) is 0 Å². The van der Waals surface area contributed by atoms with Crippen molar-refractivity contribution in [3.8, 4) is 9.88 Å². The van der Waals surface area contributed by atoms with Gasteiger partial charge < -0.3 is 5.32 Å². The van der Waals surface area contributed by atoms with E-state index in [1.807, 2.05) is 31.4 Å². The number of benzene rings is 1. The molecule has 2 aromatic heterocycles. The number of thiophene rings is 1. The van der Waals surface area contributed by atoms with Gasteiger partial charge in [-0.05, 0) is 43.0 Å². The van der Waals surface area contributed by atoms with Crippen LogP contribution in [-0.2, 0) is 9.84 Å². The Labute approximate surface area is 160 Å². The highest BCUT2D eigenvalue weighted by molar-refractivity contribution is 7.90. The standard InChI is InChI=1S/C18H18N2O3S3/c1-11(13-6-8-14(9-7-13)26(3,22)23)19-17(21)16-12(2)20-18(25-16)15-5-4-10-24-15/h4-11H,1-3H3,(H,19,21). The molecule has 0 aliphatic heterocycles. The number of thiazole rings is 1. The van der Waals surface area contributed by atoms with E-state index in [9.17, 15) is 13.2 Å². The lowest BCUT2D eigenvalue weighted by molar-refractivity contribution is 0.0943. The summed E-state index contributed by atoms with van der Waals surface area (Å²) in [6.45, 7) is 3.69. The summed E-state index contributed by atoms with van der Waals surface area (Å²) in [5.41, 5.74) is 1.54. The van der Waals surface area contributed by atoms with E-state index >= 15 is 0 Å². The van der Waals surface area contributed by atoms with Gasteiger partial charge in [-0.1, -0.05) is 18.2 Å². The van der Waals surface area contributed by atoms with Crippen molar-refractivity contribution >= 4 is 38.4 Å². The molecule has 1 amide bonds. The summed E-state index contributed by atoms with van der Waals surface area (Å²) < 4.78 is 23.1. The molecule has 1 N–H and O–H groups in total. The van der Waals surface area contributed by atoms with E-state index in [0.717, 1.165) is 15.4 Å². The zero-order valence-corrected chi connectivity index (χ0v) is 17.0. The van der Waals surface area contributed by atoms with Gasteiger partial charge in [0.05, 0.1) is 21.5 Å². The third kappa shape index (κ3) is 4.03. The van der Waals surface area contributed by atoms with Crippen molar-refractivity contribution in [3.63, 3.8) is 0 Å². The zero-order chi connectivity index (χ0) is 18.9. The largest absolute Gasteiger partial charge is 0.345 e. The maximum Gasteiger partial charge on any atom is 0.263 e. The van der Waals surface area contributed by atoms with E-state index in [-0.39, 0.29) is 16.8 Å². The summed E-state index contributed by atoms with van der Waals surface area (Å²) in [6, 6.07) is 10.2. The number of carbonyl (C=O) groups is 1. The quantitative estimate of drug-likeness (QED) is 0.693. The summed E-state index contributed by atoms with van der Waals surface area (Å²) >= 11 is 2.97. The normalized spacial score (nSPS) is 12.7. The van der Waals surface area contributed by atoms with Crippen molar-refractivity contribution in [3.05, 3.63) is 57.9 Å². The van der Waals surface area contributed by atoms with Crippen LogP contribution in [0.2, 0.25) is 0 Å². The van der Waals surface area contributed by atoms with E-state index < -0.39 is 9.84 Å². The molecule has 3 aromatic rings. The molecular formula is C18H18N2O3S3. The van der Waals surface area contributed by atoms with Gasteiger partial charge in [0.15, 0.2) is 9.84 Å². The summed E-state index contributed by atoms with van der Waals surface area (Å²) in [5.74, 6) is -0.178. The molecule has 0 fully saturated rings. The van der Waals surface area contributed by atoms with Crippen molar-refractivity contribution in [2.75, 3.05) is 6.26 Å². The Morgan fingerprint density at radius 2 is 1.88 bits per heavy atom. The highest BCUT2D eigenvalue weighted by Crippen LogP contribution is 2.31. The number of nitrogens with one attached hydrogen (secondary N) is 1. The van der Waals surface area contributed by atoms with Gasteiger partial charge in [0.25, 0.3) is 5.91 Å². The number of hydrogen-bond acceptors (Lipinski definition) is 6. The fraction of sp³-hybridized carbons (Fsp3) is 0.222. The lowest BCUT2D eigenvalue weighted by Gasteiger charge is -2.14. The third-order valence-electron chi connectivity index (χ3n) is 3.89. The average Bonchev–Trinajstić information content (AvgIpc) is 3.23. The molecule has 1 atom stereocenters. The first-order chi connectivity index (χ1) is 12.3. The highest BCUT2D eigenvalue weighted by atomic mass is 32.2. The molecule has 26 heavy (non-hydrogen) atoms. The minimum Gasteiger partial charge on any atom is -0.345 e. The number of nitrogens with zero attached hydrogens (tertiary/aromatic N) is 1. The van der Waals surface area contributed by atoms with Gasteiger partial charge in [-0.3, -0.25) is 4.79 Å². The van der Waals surface area contributed by atoms with Crippen LogP contribution >= 0.6 is 22.7 Å². The summed E-state index contributed by atoms with van der Waals surface area (Å²) in [4.78, 5) is 19.0. The van der Waals surface area contributed by atoms with Crippen LogP contribution in [0.3, 0.4) is 0 Å². The number of aryl methyl sites for hydroxylation is 1. The number of sulfone groups is 1. The molecule has 0 radical (unpaired) electrons. The first-order valence-corrected chi connectivity index (χ1v) is 11.5. The van der Waals surface area contributed by atoms with Gasteiger partial charge in [0.2, 0.25) is 0 Å². The molecule has 0 aliphatic rings. The van der Waals surface area contributed by atoms with Crippen LogP contribution in [-0.4, -0.2) is 25.6 Å². The van der Waals surface area contributed by atoms with E-state index in [1.165, 1.54) is 17.6 Å². The summed E-state index contributed by atoms with van der Waals surface area (Å²) in [6.07, 6.45) is 1.17. The molecule has 0 spiro atoms. The van der Waals surface area contributed by atoms with Crippen molar-refractivity contribution in [1.82, 2.24) is 10.3 Å². The van der Waals surface area contributed by atoms with E-state index in [2.05, 4.69) is 10.3 Å². The molecule has 1 unspecified atom stereocenters. The number of carbonyl (C=O) groups excluding carboxylic acids is 1. The minimum absolute atomic E-state index is 0.178. The lowest BCUT2D eigenvalue weighted by atomic mass is 10.1. The van der Waals surface area contributed by atoms with E-state index in [4.69, 9.17) is 0 Å². The molecule has 1 aromatic carbocycles. The molecule has 0 saturated heterocycles. The number of amides is 1. The maximum absolute atomic E-state index is 12.6. The SMILES string of the molecule is Cc1nc(-c2cccs2)sc1C(=O)NC(C)c1ccc(S(C)(=O)=O)cc1. The lowest BCUT2D eigenvalue weighted by Crippen LogP contribution is -2.26. The Balaban J connectivity index is 1.75. The summed E-state index contributed by atoms with van der Waals surface area (Å²) in [7, 11) is -3.23. The fourth-order valence-electron chi connectivity index (χ4n) is 2.46. The molecule has 3 rings (SSSR count). The van der Waals surface area contributed by atoms with E-state index in [0.29, 0.717) is 10.6 Å². The first kappa shape index (κ1) is 18.8. The van der Waals surface area contributed by atoms with E-state index in [1.54, 1.807) is 35.6 Å². The maximum atomic E-state index is 12.6. The van der Waals surface area contributed by atoms with Gasteiger partial charge in [-0.2, -0.15) is 0 Å². The zero-order valence-electron chi connectivity index (χ0n) is 14.5. The molecule has 5 nitrogen and oxygen atoms in total. The summed E-state index contributed by atoms with van der Waals surface area (Å²) in [5, 5.41) is 5.78. The second-order valence-electron chi connectivity index (χ2n) is 5.95. The van der Waals surface area contributed by atoms with Gasteiger partial charge in [-0.15, -0.1) is 22.7 Å². The predicted octanol–water partition coefficient (Wildman–Crippen LogP) is 4.07. The number of rotatable bonds is 5. The van der Waals surface area contributed by atoms with Crippen LogP contribution in [0.25, 0.3) is 9.88 Å². The van der Waals surface area contributed by atoms with Crippen LogP contribution < -0.4 is 5.32 Å². The molecule has 0 saturated carbocycles. The van der Waals surface area contributed by atoms with Crippen molar-refractivity contribution in [2.24, 2.45) is 0 Å². The topological polar surface area (TPSA) is 76.1 Å². The Bertz CT molecular complexity index is 1020. The third-order valence-corrected chi connectivity index (χ3v) is 7.21. The van der Waals surface area contributed by atoms with Crippen LogP contribution in [0.4, 0.5) is 0 Å². The second kappa shape index (κ2) is 7.30. The molecule has 0 bridgehead atoms. The monoisotopic (exact) mass is 406 g/mol. The van der Waals surface area contributed by atoms with Gasteiger partial charge in [0, 0.05) is 6.26 Å². The Morgan fingerprint density at radius 1 is 1.19 bits per heavy atom. The van der Waals surface area contributed by atoms with Gasteiger partial charge >= 0.3 is 0 Å². The van der Waals surface area contributed by atoms with Gasteiger partial charge in [0.1, 0.15) is 9.88 Å². The average molecular weight is 407 g/mol. The molecule has 0 aliphatic carbocycles. The Kier molecular flexibility index (Phi) is 5.27. The molecule has 136 valence electrons. The molecule has 2 heterocycles. The number of hydrogen-bond donors (Lipinski definition) is 1. The molecule has 8 heteroatoms. The fourth-order valence-corrected chi connectivity index (χ4v) is 4.86. The van der Waals surface area contributed by atoms with Crippen LogP contribution in [0.1, 0.15) is 33.9 Å². The Hall–Kier alpha value is -2.03. The van der Waals surface area contributed by atoms with Crippen molar-refractivity contribution in [1.29, 1.82) is 0 Å². The van der Waals surface area contributed by atoms with Crippen LogP contribution in [0.15, 0.2) is 46.7 Å². The highest BCUT2D eigenvalue weighted by Gasteiger charge is 2.19. The van der Waals surface area contributed by atoms with Crippen LogP contribution in [0, 0.1) is 6.92 Å². The minimum atomic E-state index is -3.23. The smallest absolute Gasteiger partial charge is 0.263 e. The first-order valence-electron chi connectivity index (χ1n) is 7.88. The predicted molar refractivity (Wildman–Crippen MR) is 106 cm³/mol. The van der Waals surface area contributed by atoms with Gasteiger partial charge in [-0.25, -0.2) is 13.4 Å². The second-order valence-corrected chi connectivity index (χ2v) is 9.91.